The molecule has 0 aliphatic rings. The van der Waals surface area contributed by atoms with E-state index in [1.54, 1.807) is 13.8 Å². The van der Waals surface area contributed by atoms with E-state index >= 15 is 0 Å². The number of ketones is 1. The predicted octanol–water partition coefficient (Wildman–Crippen LogP) is 3.39. The number of amides is 1. The molecule has 0 radical (unpaired) electrons. The van der Waals surface area contributed by atoms with Gasteiger partial charge >= 0.3 is 0 Å². The van der Waals surface area contributed by atoms with Crippen molar-refractivity contribution >= 4 is 39.0 Å². The number of benzene rings is 2. The van der Waals surface area contributed by atoms with E-state index in [1.807, 2.05) is 0 Å². The smallest absolute Gasteiger partial charge is 0.262 e. The molecule has 0 spiro atoms. The van der Waals surface area contributed by atoms with Crippen LogP contribution >= 0.6 is 11.6 Å². The molecule has 3 N–H and O–H groups in total. The molecule has 0 saturated heterocycles. The number of aromatic nitrogens is 1. The number of nitrogens with one attached hydrogen (secondary N) is 1. The lowest BCUT2D eigenvalue weighted by Crippen LogP contribution is -2.22. The summed E-state index contributed by atoms with van der Waals surface area (Å²) in [5.74, 6) is -1.58. The van der Waals surface area contributed by atoms with E-state index in [4.69, 9.17) is 21.5 Å². The highest BCUT2D eigenvalue weighted by Crippen LogP contribution is 2.26. The molecule has 0 atom stereocenters. The van der Waals surface area contributed by atoms with Crippen LogP contribution in [0.25, 0.3) is 0 Å². The molecular weight excluding hydrogens is 473 g/mol. The van der Waals surface area contributed by atoms with Crippen LogP contribution in [-0.4, -0.2) is 31.7 Å². The summed E-state index contributed by atoms with van der Waals surface area (Å²) in [6, 6.07) is 9.45. The summed E-state index contributed by atoms with van der Waals surface area (Å²) in [4.78, 5) is 29.0. The lowest BCUT2D eigenvalue weighted by atomic mass is 10.0. The van der Waals surface area contributed by atoms with Gasteiger partial charge in [-0.3, -0.25) is 9.59 Å². The summed E-state index contributed by atoms with van der Waals surface area (Å²) < 4.78 is 42.0. The van der Waals surface area contributed by atoms with E-state index in [2.05, 4.69) is 10.3 Å². The number of halogens is 2. The van der Waals surface area contributed by atoms with Crippen LogP contribution in [0.15, 0.2) is 53.7 Å². The Kier molecular flexibility index (Phi) is 7.11. The van der Waals surface area contributed by atoms with Crippen molar-refractivity contribution in [2.75, 3.05) is 11.9 Å². The molecule has 0 aliphatic carbocycles. The lowest BCUT2D eigenvalue weighted by Gasteiger charge is -2.13. The Hall–Kier alpha value is -3.34. The Labute approximate surface area is 194 Å². The zero-order chi connectivity index (χ0) is 24.3. The molecule has 0 aliphatic heterocycles. The average Bonchev–Trinajstić information content (AvgIpc) is 2.72. The molecule has 2 aromatic carbocycles. The van der Waals surface area contributed by atoms with Gasteiger partial charge in [0.1, 0.15) is 11.6 Å². The van der Waals surface area contributed by atoms with Crippen LogP contribution in [0.3, 0.4) is 0 Å². The predicted molar refractivity (Wildman–Crippen MR) is 120 cm³/mol. The van der Waals surface area contributed by atoms with E-state index in [1.165, 1.54) is 36.4 Å². The number of sulfonamides is 1. The number of carbonyl (C=O) groups excluding carboxylic acids is 2. The highest BCUT2D eigenvalue weighted by atomic mass is 35.5. The minimum absolute atomic E-state index is 0.0654. The molecule has 0 unspecified atom stereocenters. The van der Waals surface area contributed by atoms with Crippen LogP contribution in [0.2, 0.25) is 5.02 Å². The first-order chi connectivity index (χ1) is 15.4. The van der Waals surface area contributed by atoms with Gasteiger partial charge in [0.25, 0.3) is 15.9 Å². The van der Waals surface area contributed by atoms with Crippen molar-refractivity contribution in [2.24, 2.45) is 5.14 Å². The van der Waals surface area contributed by atoms with Gasteiger partial charge in [-0.1, -0.05) is 11.6 Å². The molecule has 0 fully saturated rings. The minimum atomic E-state index is -3.98. The molecule has 11 heteroatoms. The number of anilines is 1. The Morgan fingerprint density at radius 3 is 2.52 bits per heavy atom. The quantitative estimate of drug-likeness (QED) is 0.487. The first kappa shape index (κ1) is 24.3. The monoisotopic (exact) mass is 491 g/mol. The molecule has 3 rings (SSSR count). The fraction of sp³-hybridized carbons (Fsp3) is 0.136. The van der Waals surface area contributed by atoms with E-state index in [0.717, 1.165) is 12.3 Å². The third-order valence-electron chi connectivity index (χ3n) is 4.50. The third kappa shape index (κ3) is 6.13. The van der Waals surface area contributed by atoms with Gasteiger partial charge in [-0.05, 0) is 67.4 Å². The molecular formula is C22H19ClFN3O5S. The number of ether oxygens (including phenoxy) is 1. The molecule has 33 heavy (non-hydrogen) atoms. The summed E-state index contributed by atoms with van der Waals surface area (Å²) >= 11 is 6.02. The highest BCUT2D eigenvalue weighted by molar-refractivity contribution is 7.89. The largest absolute Gasteiger partial charge is 0.483 e. The Morgan fingerprint density at radius 2 is 1.88 bits per heavy atom. The van der Waals surface area contributed by atoms with Gasteiger partial charge in [0, 0.05) is 10.6 Å². The van der Waals surface area contributed by atoms with Crippen LogP contribution < -0.4 is 15.2 Å². The second-order valence-electron chi connectivity index (χ2n) is 7.21. The van der Waals surface area contributed by atoms with E-state index in [0.29, 0.717) is 11.1 Å². The summed E-state index contributed by atoms with van der Waals surface area (Å²) in [5, 5.41) is 7.52. The third-order valence-corrected chi connectivity index (χ3v) is 5.54. The van der Waals surface area contributed by atoms with Crippen molar-refractivity contribution in [1.29, 1.82) is 0 Å². The van der Waals surface area contributed by atoms with Gasteiger partial charge < -0.3 is 10.1 Å². The number of carbonyl (C=O) groups is 2. The maximum absolute atomic E-state index is 13.8. The number of nitrogens with two attached hydrogens (primary N) is 1. The molecule has 0 saturated carbocycles. The van der Waals surface area contributed by atoms with Crippen LogP contribution in [0.1, 0.15) is 27.0 Å². The number of aryl methyl sites for hydroxylation is 2. The van der Waals surface area contributed by atoms with Crippen molar-refractivity contribution < 1.29 is 27.1 Å². The normalized spacial score (nSPS) is 11.2. The Balaban J connectivity index is 1.77. The van der Waals surface area contributed by atoms with Crippen molar-refractivity contribution in [2.45, 2.75) is 18.9 Å². The number of pyridine rings is 1. The second kappa shape index (κ2) is 9.65. The summed E-state index contributed by atoms with van der Waals surface area (Å²) in [6.07, 6.45) is 1.16. The summed E-state index contributed by atoms with van der Waals surface area (Å²) in [5.41, 5.74) is 1.43. The zero-order valence-electron chi connectivity index (χ0n) is 17.6. The fourth-order valence-electron chi connectivity index (χ4n) is 2.97. The highest BCUT2D eigenvalue weighted by Gasteiger charge is 2.18. The first-order valence-corrected chi connectivity index (χ1v) is 11.4. The van der Waals surface area contributed by atoms with Crippen molar-refractivity contribution in [3.05, 3.63) is 81.8 Å². The fourth-order valence-corrected chi connectivity index (χ4v) is 3.69. The number of hydrogen-bond donors (Lipinski definition) is 2. The number of hydrogen-bond acceptors (Lipinski definition) is 6. The van der Waals surface area contributed by atoms with Crippen molar-refractivity contribution in [1.82, 2.24) is 4.98 Å². The van der Waals surface area contributed by atoms with Gasteiger partial charge in [-0.2, -0.15) is 0 Å². The molecule has 8 nitrogen and oxygen atoms in total. The standard InChI is InChI=1S/C22H19ClFN3O5S/c1-12-5-14(8-16(24)6-12)22(29)17-9-15(23)3-4-19(17)32-11-20(28)27-18-10-26-21(7-13(18)2)33(25,30)31/h3-10H,11H2,1-2H3,(H,27,28)(H2,25,30,31). The number of nitrogens with zero attached hydrogens (tertiary/aromatic N) is 1. The maximum atomic E-state index is 13.8. The van der Waals surface area contributed by atoms with Gasteiger partial charge in [0.05, 0.1) is 17.4 Å². The SMILES string of the molecule is Cc1cc(F)cc(C(=O)c2cc(Cl)ccc2OCC(=O)Nc2cnc(S(N)(=O)=O)cc2C)c1. The average molecular weight is 492 g/mol. The summed E-state index contributed by atoms with van der Waals surface area (Å²) in [6.45, 7) is 2.76. The second-order valence-corrected chi connectivity index (χ2v) is 9.15. The van der Waals surface area contributed by atoms with Gasteiger partial charge in [0.15, 0.2) is 17.4 Å². The van der Waals surface area contributed by atoms with Crippen LogP contribution in [0.5, 0.6) is 5.75 Å². The molecule has 1 heterocycles. The number of rotatable bonds is 7. The van der Waals surface area contributed by atoms with Gasteiger partial charge in [-0.15, -0.1) is 0 Å². The zero-order valence-corrected chi connectivity index (χ0v) is 19.1. The van der Waals surface area contributed by atoms with Crippen LogP contribution in [-0.2, 0) is 14.8 Å². The molecule has 1 aromatic heterocycles. The lowest BCUT2D eigenvalue weighted by molar-refractivity contribution is -0.118. The maximum Gasteiger partial charge on any atom is 0.262 e. The van der Waals surface area contributed by atoms with Crippen molar-refractivity contribution in [3.63, 3.8) is 0 Å². The molecule has 172 valence electrons. The first-order valence-electron chi connectivity index (χ1n) is 9.47. The van der Waals surface area contributed by atoms with E-state index < -0.39 is 34.1 Å². The molecule has 0 bridgehead atoms. The number of primary sulfonamides is 1. The Morgan fingerprint density at radius 1 is 1.15 bits per heavy atom. The van der Waals surface area contributed by atoms with Gasteiger partial charge in [0.2, 0.25) is 0 Å². The minimum Gasteiger partial charge on any atom is -0.483 e. The van der Waals surface area contributed by atoms with Crippen molar-refractivity contribution in [3.8, 4) is 5.75 Å². The Bertz CT molecular complexity index is 1340. The van der Waals surface area contributed by atoms with E-state index in [9.17, 15) is 22.4 Å². The van der Waals surface area contributed by atoms with Crippen LogP contribution in [0.4, 0.5) is 10.1 Å². The molecule has 1 amide bonds. The van der Waals surface area contributed by atoms with Gasteiger partial charge in [-0.25, -0.2) is 22.9 Å². The molecule has 3 aromatic rings. The summed E-state index contributed by atoms with van der Waals surface area (Å²) in [7, 11) is -3.98. The topological polar surface area (TPSA) is 128 Å². The van der Waals surface area contributed by atoms with E-state index in [-0.39, 0.29) is 32.6 Å². The van der Waals surface area contributed by atoms with Crippen LogP contribution in [0, 0.1) is 19.7 Å².